The van der Waals surface area contributed by atoms with Gasteiger partial charge >= 0.3 is 0 Å². The van der Waals surface area contributed by atoms with E-state index in [1.165, 1.54) is 30.2 Å². The van der Waals surface area contributed by atoms with Crippen molar-refractivity contribution in [3.63, 3.8) is 0 Å². The zero-order chi connectivity index (χ0) is 16.1. The Morgan fingerprint density at radius 2 is 1.83 bits per heavy atom. The van der Waals surface area contributed by atoms with E-state index >= 15 is 0 Å². The van der Waals surface area contributed by atoms with E-state index in [9.17, 15) is 0 Å². The lowest BCUT2D eigenvalue weighted by molar-refractivity contribution is 0.302. The van der Waals surface area contributed by atoms with Crippen LogP contribution < -0.4 is 10.5 Å². The van der Waals surface area contributed by atoms with Gasteiger partial charge in [-0.15, -0.1) is 0 Å². The van der Waals surface area contributed by atoms with Crippen LogP contribution in [0.2, 0.25) is 0 Å². The van der Waals surface area contributed by atoms with E-state index in [0.717, 1.165) is 28.8 Å². The summed E-state index contributed by atoms with van der Waals surface area (Å²) in [4.78, 5) is 4.81. The number of benzene rings is 2. The molecule has 5 rings (SSSR count). The van der Waals surface area contributed by atoms with Crippen molar-refractivity contribution in [2.24, 2.45) is 0 Å². The second-order valence-corrected chi connectivity index (χ2v) is 6.98. The van der Waals surface area contributed by atoms with Crippen LogP contribution in [0.1, 0.15) is 47.9 Å². The third-order valence-electron chi connectivity index (χ3n) is 5.51. The maximum Gasteiger partial charge on any atom is 0.130 e. The highest BCUT2D eigenvalue weighted by Gasteiger charge is 2.40. The molecular formula is C21H20N2O. The predicted molar refractivity (Wildman–Crippen MR) is 96.3 cm³/mol. The van der Waals surface area contributed by atoms with Gasteiger partial charge in [-0.3, -0.25) is 0 Å². The fourth-order valence-electron chi connectivity index (χ4n) is 4.34. The Bertz CT molecular complexity index is 934. The van der Waals surface area contributed by atoms with E-state index in [2.05, 4.69) is 24.3 Å². The lowest BCUT2D eigenvalue weighted by atomic mass is 9.69. The van der Waals surface area contributed by atoms with E-state index in [4.69, 9.17) is 15.5 Å². The number of hydrogen-bond acceptors (Lipinski definition) is 3. The summed E-state index contributed by atoms with van der Waals surface area (Å²) in [5, 5.41) is 1.24. The molecule has 0 amide bonds. The van der Waals surface area contributed by atoms with Crippen LogP contribution >= 0.6 is 0 Å². The summed E-state index contributed by atoms with van der Waals surface area (Å²) in [6.07, 6.45) is 4.08. The summed E-state index contributed by atoms with van der Waals surface area (Å²) in [5.41, 5.74) is 11.6. The quantitative estimate of drug-likeness (QED) is 0.709. The second kappa shape index (κ2) is 5.23. The number of nitrogen functional groups attached to an aromatic ring is 1. The number of anilines is 1. The molecule has 3 nitrogen and oxygen atoms in total. The maximum absolute atomic E-state index is 5.82. The molecular weight excluding hydrogens is 296 g/mol. The molecule has 1 heterocycles. The molecule has 0 aliphatic heterocycles. The Hall–Kier alpha value is -2.55. The first kappa shape index (κ1) is 13.8. The maximum atomic E-state index is 5.82. The topological polar surface area (TPSA) is 48.1 Å². The molecule has 0 spiro atoms. The summed E-state index contributed by atoms with van der Waals surface area (Å²) in [6.45, 7) is 0.461. The molecule has 2 aliphatic rings. The van der Waals surface area contributed by atoms with E-state index < -0.39 is 0 Å². The summed E-state index contributed by atoms with van der Waals surface area (Å²) in [5.74, 6) is 2.39. The van der Waals surface area contributed by atoms with Crippen LogP contribution in [-0.2, 0) is 6.61 Å². The number of rotatable bonds is 3. The van der Waals surface area contributed by atoms with Gasteiger partial charge in [-0.05, 0) is 66.1 Å². The zero-order valence-electron chi connectivity index (χ0n) is 13.5. The van der Waals surface area contributed by atoms with Crippen molar-refractivity contribution in [3.8, 4) is 5.75 Å². The molecule has 2 aliphatic carbocycles. The summed E-state index contributed by atoms with van der Waals surface area (Å²) in [6, 6.07) is 16.4. The fraction of sp³-hybridized carbons (Fsp3) is 0.286. The van der Waals surface area contributed by atoms with E-state index in [-0.39, 0.29) is 0 Å². The first-order valence-corrected chi connectivity index (χ1v) is 8.70. The van der Waals surface area contributed by atoms with Crippen molar-refractivity contribution in [1.29, 1.82) is 0 Å². The van der Waals surface area contributed by atoms with Crippen molar-refractivity contribution in [3.05, 3.63) is 65.4 Å². The van der Waals surface area contributed by atoms with E-state index in [1.54, 1.807) is 5.56 Å². The van der Waals surface area contributed by atoms with Crippen LogP contribution in [0.15, 0.2) is 48.5 Å². The minimum Gasteiger partial charge on any atom is -0.487 e. The van der Waals surface area contributed by atoms with Crippen molar-refractivity contribution in [2.45, 2.75) is 37.7 Å². The van der Waals surface area contributed by atoms with E-state index in [1.807, 2.05) is 24.3 Å². The molecule has 3 heteroatoms. The highest BCUT2D eigenvalue weighted by molar-refractivity contribution is 5.82. The highest BCUT2D eigenvalue weighted by Crippen LogP contribution is 2.57. The lowest BCUT2D eigenvalue weighted by Gasteiger charge is -2.35. The highest BCUT2D eigenvalue weighted by atomic mass is 16.5. The van der Waals surface area contributed by atoms with Crippen LogP contribution in [0.4, 0.5) is 5.69 Å². The first-order valence-electron chi connectivity index (χ1n) is 8.70. The molecule has 3 aromatic rings. The van der Waals surface area contributed by atoms with Crippen LogP contribution in [0.25, 0.3) is 10.9 Å². The molecule has 2 N–H and O–H groups in total. The van der Waals surface area contributed by atoms with Gasteiger partial charge in [-0.2, -0.15) is 0 Å². The number of nitrogens with zero attached hydrogens (tertiary/aromatic N) is 1. The summed E-state index contributed by atoms with van der Waals surface area (Å²) < 4.78 is 5.82. The Morgan fingerprint density at radius 1 is 1.00 bits per heavy atom. The molecule has 120 valence electrons. The predicted octanol–water partition coefficient (Wildman–Crippen LogP) is 4.76. The zero-order valence-corrected chi connectivity index (χ0v) is 13.5. The number of fused-ring (bicyclic) bond motifs is 5. The van der Waals surface area contributed by atoms with Crippen LogP contribution in [0, 0.1) is 0 Å². The number of ether oxygens (including phenoxy) is 1. The molecule has 0 radical (unpaired) electrons. The second-order valence-electron chi connectivity index (χ2n) is 6.98. The van der Waals surface area contributed by atoms with Crippen LogP contribution in [0.3, 0.4) is 0 Å². The van der Waals surface area contributed by atoms with Gasteiger partial charge in [-0.25, -0.2) is 4.98 Å². The van der Waals surface area contributed by atoms with Crippen molar-refractivity contribution in [1.82, 2.24) is 4.98 Å². The molecule has 24 heavy (non-hydrogen) atoms. The minimum atomic E-state index is 0.461. The van der Waals surface area contributed by atoms with Crippen molar-refractivity contribution < 1.29 is 4.74 Å². The molecule has 1 aromatic heterocycles. The first-order chi connectivity index (χ1) is 11.8. The van der Waals surface area contributed by atoms with Crippen LogP contribution in [0.5, 0.6) is 5.75 Å². The molecule has 0 bridgehead atoms. The summed E-state index contributed by atoms with van der Waals surface area (Å²) in [7, 11) is 0. The standard InChI is InChI=1S/C21H20N2O/c22-14-3-1-4-16(10-14)24-12-15-8-7-13-9-19-17-5-2-6-18(17)20(19)11-21(13)23-15/h1,3-4,7-11,17-18H,2,5-6,12,22H2. The molecule has 0 saturated heterocycles. The third-order valence-corrected chi connectivity index (χ3v) is 5.51. The van der Waals surface area contributed by atoms with Crippen molar-refractivity contribution >= 4 is 16.6 Å². The SMILES string of the molecule is Nc1cccc(OCc2ccc3cc4c(cc3n2)C2CCCC42)c1. The van der Waals surface area contributed by atoms with Gasteiger partial charge in [0.25, 0.3) is 0 Å². The normalized spacial score (nSPS) is 21.2. The van der Waals surface area contributed by atoms with Gasteiger partial charge in [0, 0.05) is 17.1 Å². The lowest BCUT2D eigenvalue weighted by Crippen LogP contribution is -2.19. The number of nitrogens with two attached hydrogens (primary N) is 1. The van der Waals surface area contributed by atoms with Gasteiger partial charge in [0.1, 0.15) is 12.4 Å². The van der Waals surface area contributed by atoms with Crippen LogP contribution in [-0.4, -0.2) is 4.98 Å². The van der Waals surface area contributed by atoms with Gasteiger partial charge in [-0.1, -0.05) is 18.6 Å². The molecule has 2 atom stereocenters. The van der Waals surface area contributed by atoms with Gasteiger partial charge in [0.15, 0.2) is 0 Å². The number of hydrogen-bond donors (Lipinski definition) is 1. The summed E-state index contributed by atoms with van der Waals surface area (Å²) >= 11 is 0. The minimum absolute atomic E-state index is 0.461. The molecule has 2 aromatic carbocycles. The third kappa shape index (κ3) is 2.15. The molecule has 1 saturated carbocycles. The van der Waals surface area contributed by atoms with Gasteiger partial charge in [0.05, 0.1) is 11.2 Å². The largest absolute Gasteiger partial charge is 0.487 e. The Morgan fingerprint density at radius 3 is 2.67 bits per heavy atom. The number of pyridine rings is 1. The Labute approximate surface area is 141 Å². The molecule has 2 unspecified atom stereocenters. The number of aromatic nitrogens is 1. The Balaban J connectivity index is 1.42. The van der Waals surface area contributed by atoms with Gasteiger partial charge in [0.2, 0.25) is 0 Å². The monoisotopic (exact) mass is 316 g/mol. The smallest absolute Gasteiger partial charge is 0.130 e. The average molecular weight is 316 g/mol. The molecule has 1 fully saturated rings. The average Bonchev–Trinajstić information content (AvgIpc) is 3.02. The van der Waals surface area contributed by atoms with E-state index in [0.29, 0.717) is 12.3 Å². The van der Waals surface area contributed by atoms with Gasteiger partial charge < -0.3 is 10.5 Å². The fourth-order valence-corrected chi connectivity index (χ4v) is 4.34. The van der Waals surface area contributed by atoms with Crippen molar-refractivity contribution in [2.75, 3.05) is 5.73 Å². The Kier molecular flexibility index (Phi) is 3.02.